The monoisotopic (exact) mass is 538 g/mol. The van der Waals surface area contributed by atoms with Crippen LogP contribution in [0.15, 0.2) is 42.7 Å². The van der Waals surface area contributed by atoms with E-state index >= 15 is 0 Å². The zero-order chi connectivity index (χ0) is 27.7. The van der Waals surface area contributed by atoms with E-state index in [0.29, 0.717) is 13.2 Å². The molecule has 6 rings (SSSR count). The predicted molar refractivity (Wildman–Crippen MR) is 154 cm³/mol. The summed E-state index contributed by atoms with van der Waals surface area (Å²) in [6, 6.07) is 9.83. The first-order valence-electron chi connectivity index (χ1n) is 13.9. The molecular formula is C31H34N6O3. The maximum absolute atomic E-state index is 12.6. The van der Waals surface area contributed by atoms with E-state index in [2.05, 4.69) is 27.1 Å². The van der Waals surface area contributed by atoms with Gasteiger partial charge in [0.15, 0.2) is 5.65 Å². The van der Waals surface area contributed by atoms with Crippen molar-refractivity contribution in [1.82, 2.24) is 24.6 Å². The number of aromatic nitrogens is 5. The second-order valence-electron chi connectivity index (χ2n) is 11.2. The van der Waals surface area contributed by atoms with Crippen molar-refractivity contribution in [3.63, 3.8) is 0 Å². The minimum atomic E-state index is -0.596. The number of fused-ring (bicyclic) bond motifs is 2. The highest BCUT2D eigenvalue weighted by Crippen LogP contribution is 2.31. The minimum Gasteiger partial charge on any atom is -0.455 e. The molecule has 4 aromatic heterocycles. The standard InChI is InChI=1S/C31H34N6O3/c1-31(2,3)40-30(38)26-12-9-22(20-32-26)28-25(13-11-23-10-8-21-6-4-5-7-24(21)34-23)35-29-27(14-15-33-37(28)29)36-16-18-39-19-17-36/h8-15,20H,4-7,16-19H2,1-3H3. The highest BCUT2D eigenvalue weighted by Gasteiger charge is 2.22. The number of morpholine rings is 1. The number of nitrogens with zero attached hydrogens (tertiary/aromatic N) is 6. The molecular weight excluding hydrogens is 504 g/mol. The van der Waals surface area contributed by atoms with Crippen molar-refractivity contribution < 1.29 is 14.3 Å². The molecule has 9 nitrogen and oxygen atoms in total. The van der Waals surface area contributed by atoms with Crippen molar-refractivity contribution in [1.29, 1.82) is 0 Å². The molecule has 0 aromatic carbocycles. The van der Waals surface area contributed by atoms with Crippen LogP contribution >= 0.6 is 0 Å². The Bertz CT molecular complexity index is 1560. The molecule has 2 aliphatic rings. The summed E-state index contributed by atoms with van der Waals surface area (Å²) in [5.41, 5.74) is 7.22. The third kappa shape index (κ3) is 5.47. The summed E-state index contributed by atoms with van der Waals surface area (Å²) in [6.07, 6.45) is 12.0. The second kappa shape index (κ2) is 10.8. The maximum Gasteiger partial charge on any atom is 0.357 e. The van der Waals surface area contributed by atoms with E-state index in [9.17, 15) is 4.79 Å². The molecule has 0 unspecified atom stereocenters. The van der Waals surface area contributed by atoms with Crippen molar-refractivity contribution in [2.24, 2.45) is 0 Å². The van der Waals surface area contributed by atoms with Crippen LogP contribution in [0.4, 0.5) is 5.69 Å². The van der Waals surface area contributed by atoms with Gasteiger partial charge in [0.05, 0.1) is 36.5 Å². The Balaban J connectivity index is 1.41. The molecule has 0 radical (unpaired) electrons. The Morgan fingerprint density at radius 1 is 1.00 bits per heavy atom. The van der Waals surface area contributed by atoms with Gasteiger partial charge in [0.25, 0.3) is 0 Å². The van der Waals surface area contributed by atoms with Crippen LogP contribution < -0.4 is 4.90 Å². The number of ether oxygens (including phenoxy) is 2. The average molecular weight is 539 g/mol. The topological polar surface area (TPSA) is 94.7 Å². The number of hydrogen-bond acceptors (Lipinski definition) is 8. The zero-order valence-electron chi connectivity index (χ0n) is 23.3. The van der Waals surface area contributed by atoms with Gasteiger partial charge < -0.3 is 14.4 Å². The van der Waals surface area contributed by atoms with Gasteiger partial charge in [-0.1, -0.05) is 6.07 Å². The number of pyridine rings is 2. The van der Waals surface area contributed by atoms with Gasteiger partial charge in [-0.2, -0.15) is 5.10 Å². The van der Waals surface area contributed by atoms with Gasteiger partial charge in [-0.25, -0.2) is 19.3 Å². The van der Waals surface area contributed by atoms with Crippen LogP contribution in [0.25, 0.3) is 29.1 Å². The Hall–Kier alpha value is -4.11. The molecule has 5 heterocycles. The molecule has 1 aliphatic carbocycles. The number of carbonyl (C=O) groups excluding carboxylic acids is 1. The SMILES string of the molecule is CC(C)(C)OC(=O)c1ccc(-c2c(C=Cc3ccc4c(n3)CCCC4)nc3c(N4CCOCC4)ccnn23)cn1. The highest BCUT2D eigenvalue weighted by molar-refractivity contribution is 5.88. The Labute approximate surface area is 233 Å². The van der Waals surface area contributed by atoms with Crippen molar-refractivity contribution in [3.05, 3.63) is 71.1 Å². The average Bonchev–Trinajstić information content (AvgIpc) is 3.34. The molecule has 206 valence electrons. The third-order valence-corrected chi connectivity index (χ3v) is 7.13. The van der Waals surface area contributed by atoms with Crippen molar-refractivity contribution >= 4 is 29.5 Å². The highest BCUT2D eigenvalue weighted by atomic mass is 16.6. The molecule has 1 aliphatic heterocycles. The zero-order valence-corrected chi connectivity index (χ0v) is 23.3. The van der Waals surface area contributed by atoms with E-state index in [0.717, 1.165) is 59.9 Å². The first-order valence-corrected chi connectivity index (χ1v) is 13.9. The normalized spacial score (nSPS) is 15.9. The van der Waals surface area contributed by atoms with Crippen LogP contribution in [0.2, 0.25) is 0 Å². The molecule has 0 saturated carbocycles. The smallest absolute Gasteiger partial charge is 0.357 e. The van der Waals surface area contributed by atoms with Gasteiger partial charge in [-0.3, -0.25) is 4.98 Å². The van der Waals surface area contributed by atoms with Crippen LogP contribution in [0.5, 0.6) is 0 Å². The van der Waals surface area contributed by atoms with Gasteiger partial charge in [0.2, 0.25) is 0 Å². The summed E-state index contributed by atoms with van der Waals surface area (Å²) in [4.78, 5) is 29.3. The quantitative estimate of drug-likeness (QED) is 0.327. The fourth-order valence-electron chi connectivity index (χ4n) is 5.23. The number of aryl methyl sites for hydroxylation is 2. The van der Waals surface area contributed by atoms with E-state index in [4.69, 9.17) is 19.4 Å². The number of esters is 1. The lowest BCUT2D eigenvalue weighted by molar-refractivity contribution is 0.00628. The summed E-state index contributed by atoms with van der Waals surface area (Å²) >= 11 is 0. The van der Waals surface area contributed by atoms with Crippen LogP contribution in [-0.4, -0.2) is 62.4 Å². The molecule has 0 spiro atoms. The largest absolute Gasteiger partial charge is 0.455 e. The number of carbonyl (C=O) groups is 1. The van der Waals surface area contributed by atoms with Crippen LogP contribution in [0, 0.1) is 0 Å². The van der Waals surface area contributed by atoms with Gasteiger partial charge in [-0.15, -0.1) is 0 Å². The number of hydrogen-bond donors (Lipinski definition) is 0. The number of rotatable bonds is 5. The summed E-state index contributed by atoms with van der Waals surface area (Å²) in [5, 5.41) is 4.68. The Morgan fingerprint density at radius 3 is 2.60 bits per heavy atom. The van der Waals surface area contributed by atoms with Crippen LogP contribution in [0.3, 0.4) is 0 Å². The van der Waals surface area contributed by atoms with Gasteiger partial charge in [0, 0.05) is 30.5 Å². The third-order valence-electron chi connectivity index (χ3n) is 7.13. The summed E-state index contributed by atoms with van der Waals surface area (Å²) in [7, 11) is 0. The van der Waals surface area contributed by atoms with Crippen molar-refractivity contribution in [2.45, 2.75) is 52.1 Å². The molecule has 4 aromatic rings. The first-order chi connectivity index (χ1) is 19.4. The van der Waals surface area contributed by atoms with E-state index in [1.807, 2.05) is 49.6 Å². The maximum atomic E-state index is 12.6. The molecule has 0 amide bonds. The lowest BCUT2D eigenvalue weighted by Crippen LogP contribution is -2.36. The molecule has 0 atom stereocenters. The van der Waals surface area contributed by atoms with Crippen LogP contribution in [-0.2, 0) is 22.3 Å². The van der Waals surface area contributed by atoms with Crippen LogP contribution in [0.1, 0.15) is 66.7 Å². The van der Waals surface area contributed by atoms with Gasteiger partial charge >= 0.3 is 5.97 Å². The molecule has 0 bridgehead atoms. The molecule has 0 N–H and O–H groups in total. The lowest BCUT2D eigenvalue weighted by atomic mass is 9.96. The molecule has 40 heavy (non-hydrogen) atoms. The minimum absolute atomic E-state index is 0.254. The Morgan fingerprint density at radius 2 is 1.82 bits per heavy atom. The fraction of sp³-hybridized carbons (Fsp3) is 0.387. The van der Waals surface area contributed by atoms with Gasteiger partial charge in [-0.05, 0) is 88.4 Å². The predicted octanol–water partition coefficient (Wildman–Crippen LogP) is 5.03. The second-order valence-corrected chi connectivity index (χ2v) is 11.2. The molecule has 1 fully saturated rings. The van der Waals surface area contributed by atoms with Crippen molar-refractivity contribution in [3.8, 4) is 11.3 Å². The Kier molecular flexibility index (Phi) is 7.06. The summed E-state index contributed by atoms with van der Waals surface area (Å²) in [6.45, 7) is 8.45. The summed E-state index contributed by atoms with van der Waals surface area (Å²) in [5.74, 6) is -0.455. The number of anilines is 1. The van der Waals surface area contributed by atoms with E-state index in [-0.39, 0.29) is 5.69 Å². The molecule has 9 heteroatoms. The number of imidazole rings is 1. The van der Waals surface area contributed by atoms with Crippen molar-refractivity contribution in [2.75, 3.05) is 31.2 Å². The van der Waals surface area contributed by atoms with E-state index in [1.54, 1.807) is 18.5 Å². The van der Waals surface area contributed by atoms with E-state index in [1.165, 1.54) is 24.1 Å². The van der Waals surface area contributed by atoms with Gasteiger partial charge in [0.1, 0.15) is 17.0 Å². The molecule has 1 saturated heterocycles. The first kappa shape index (κ1) is 26.1. The fourth-order valence-corrected chi connectivity index (χ4v) is 5.23. The van der Waals surface area contributed by atoms with E-state index < -0.39 is 11.6 Å². The lowest BCUT2D eigenvalue weighted by Gasteiger charge is -2.28. The summed E-state index contributed by atoms with van der Waals surface area (Å²) < 4.78 is 12.9.